The molecule has 0 N–H and O–H groups in total. The number of hydrogen-bond acceptors (Lipinski definition) is 5. The standard InChI is InChI=1S/C23H23F3N2O3S/c1-3-5-14-6-8-15(9-7-14)28(19(29)10-11-20(30)31-4-2)13-18-27-22-21(26)16(24)12-17(25)23(22)32-18/h6-9,12H,3-5,10-11,13H2,1-2H3. The molecule has 0 saturated carbocycles. The lowest BCUT2D eigenvalue weighted by Gasteiger charge is -2.22. The van der Waals surface area contributed by atoms with Gasteiger partial charge in [0.1, 0.15) is 16.3 Å². The van der Waals surface area contributed by atoms with Crippen molar-refractivity contribution in [2.45, 2.75) is 46.1 Å². The highest BCUT2D eigenvalue weighted by Gasteiger charge is 2.22. The molecular weight excluding hydrogens is 441 g/mol. The number of carbonyl (C=O) groups is 2. The van der Waals surface area contributed by atoms with Gasteiger partial charge in [-0.2, -0.15) is 0 Å². The van der Waals surface area contributed by atoms with Crippen molar-refractivity contribution in [1.29, 1.82) is 0 Å². The van der Waals surface area contributed by atoms with E-state index in [1.54, 1.807) is 19.1 Å². The van der Waals surface area contributed by atoms with E-state index in [9.17, 15) is 22.8 Å². The average Bonchev–Trinajstić information content (AvgIpc) is 3.20. The zero-order chi connectivity index (χ0) is 23.3. The van der Waals surface area contributed by atoms with Gasteiger partial charge in [-0.25, -0.2) is 18.2 Å². The summed E-state index contributed by atoms with van der Waals surface area (Å²) in [5, 5.41) is 0.241. The summed E-state index contributed by atoms with van der Waals surface area (Å²) in [6, 6.07) is 7.84. The predicted octanol–water partition coefficient (Wildman–Crippen LogP) is 5.54. The van der Waals surface area contributed by atoms with Gasteiger partial charge in [0.15, 0.2) is 11.6 Å². The first-order valence-electron chi connectivity index (χ1n) is 10.3. The van der Waals surface area contributed by atoms with E-state index < -0.39 is 28.9 Å². The molecule has 3 aromatic rings. The van der Waals surface area contributed by atoms with Crippen molar-refractivity contribution in [3.63, 3.8) is 0 Å². The number of aromatic nitrogens is 1. The summed E-state index contributed by atoms with van der Waals surface area (Å²) in [6.07, 6.45) is 1.67. The van der Waals surface area contributed by atoms with Gasteiger partial charge in [0, 0.05) is 18.2 Å². The van der Waals surface area contributed by atoms with Crippen molar-refractivity contribution < 1.29 is 27.5 Å². The topological polar surface area (TPSA) is 59.5 Å². The first kappa shape index (κ1) is 23.7. The predicted molar refractivity (Wildman–Crippen MR) is 117 cm³/mol. The first-order chi connectivity index (χ1) is 15.3. The van der Waals surface area contributed by atoms with Gasteiger partial charge in [-0.3, -0.25) is 9.59 Å². The van der Waals surface area contributed by atoms with E-state index in [0.29, 0.717) is 11.8 Å². The van der Waals surface area contributed by atoms with Crippen LogP contribution in [0.15, 0.2) is 30.3 Å². The molecule has 0 saturated heterocycles. The summed E-state index contributed by atoms with van der Waals surface area (Å²) < 4.78 is 46.5. The molecule has 3 rings (SSSR count). The number of benzene rings is 2. The highest BCUT2D eigenvalue weighted by atomic mass is 32.1. The molecule has 0 aliphatic rings. The van der Waals surface area contributed by atoms with Crippen molar-refractivity contribution in [1.82, 2.24) is 4.98 Å². The number of carbonyl (C=O) groups excluding carboxylic acids is 2. The molecule has 170 valence electrons. The van der Waals surface area contributed by atoms with Crippen LogP contribution in [-0.4, -0.2) is 23.5 Å². The molecule has 1 amide bonds. The third kappa shape index (κ3) is 5.45. The summed E-state index contributed by atoms with van der Waals surface area (Å²) >= 11 is 0.853. The zero-order valence-corrected chi connectivity index (χ0v) is 18.6. The molecule has 0 bridgehead atoms. The molecular formula is C23H23F3N2O3S. The molecule has 5 nitrogen and oxygen atoms in total. The Hall–Kier alpha value is -2.94. The number of nitrogens with zero attached hydrogens (tertiary/aromatic N) is 2. The maximum absolute atomic E-state index is 14.1. The van der Waals surface area contributed by atoms with Crippen molar-refractivity contribution in [2.24, 2.45) is 0 Å². The SMILES string of the molecule is CCCc1ccc(N(Cc2nc3c(F)c(F)cc(F)c3s2)C(=O)CCC(=O)OCC)cc1. The summed E-state index contributed by atoms with van der Waals surface area (Å²) in [7, 11) is 0. The number of rotatable bonds is 9. The van der Waals surface area contributed by atoms with Crippen molar-refractivity contribution >= 4 is 39.1 Å². The van der Waals surface area contributed by atoms with Gasteiger partial charge in [-0.05, 0) is 31.0 Å². The molecule has 0 aliphatic carbocycles. The Balaban J connectivity index is 1.90. The number of esters is 1. The maximum Gasteiger partial charge on any atom is 0.306 e. The van der Waals surface area contributed by atoms with Gasteiger partial charge in [0.25, 0.3) is 0 Å². The maximum atomic E-state index is 14.1. The van der Waals surface area contributed by atoms with E-state index >= 15 is 0 Å². The van der Waals surface area contributed by atoms with Gasteiger partial charge >= 0.3 is 5.97 Å². The van der Waals surface area contributed by atoms with Crippen molar-refractivity contribution in [3.05, 3.63) is 58.4 Å². The Morgan fingerprint density at radius 3 is 2.44 bits per heavy atom. The number of ether oxygens (including phenoxy) is 1. The van der Waals surface area contributed by atoms with Crippen LogP contribution in [-0.2, 0) is 27.3 Å². The van der Waals surface area contributed by atoms with Crippen molar-refractivity contribution in [3.8, 4) is 0 Å². The number of hydrogen-bond donors (Lipinski definition) is 0. The monoisotopic (exact) mass is 464 g/mol. The summed E-state index contributed by atoms with van der Waals surface area (Å²) in [6.45, 7) is 3.88. The van der Waals surface area contributed by atoms with Crippen LogP contribution in [0.4, 0.5) is 18.9 Å². The summed E-state index contributed by atoms with van der Waals surface area (Å²) in [5.74, 6) is -4.31. The van der Waals surface area contributed by atoms with E-state index in [-0.39, 0.29) is 41.6 Å². The zero-order valence-electron chi connectivity index (χ0n) is 17.8. The van der Waals surface area contributed by atoms with Gasteiger partial charge in [0.2, 0.25) is 5.91 Å². The molecule has 0 fully saturated rings. The molecule has 9 heteroatoms. The molecule has 0 atom stereocenters. The number of fused-ring (bicyclic) bond motifs is 1. The molecule has 0 radical (unpaired) electrons. The van der Waals surface area contributed by atoms with Gasteiger partial charge in [0.05, 0.1) is 24.3 Å². The van der Waals surface area contributed by atoms with E-state index in [4.69, 9.17) is 4.74 Å². The Bertz CT molecular complexity index is 1120. The Morgan fingerprint density at radius 2 is 1.78 bits per heavy atom. The van der Waals surface area contributed by atoms with Gasteiger partial charge in [-0.15, -0.1) is 11.3 Å². The smallest absolute Gasteiger partial charge is 0.306 e. The minimum atomic E-state index is -1.32. The van der Waals surface area contributed by atoms with Crippen LogP contribution in [0, 0.1) is 17.5 Å². The molecule has 1 aromatic heterocycles. The molecule has 0 unspecified atom stereocenters. The van der Waals surface area contributed by atoms with Crippen LogP contribution in [0.25, 0.3) is 10.2 Å². The lowest BCUT2D eigenvalue weighted by molar-refractivity contribution is -0.144. The van der Waals surface area contributed by atoms with E-state index in [0.717, 1.165) is 29.7 Å². The fourth-order valence-electron chi connectivity index (χ4n) is 3.26. The van der Waals surface area contributed by atoms with Crippen LogP contribution < -0.4 is 4.90 Å². The lowest BCUT2D eigenvalue weighted by atomic mass is 10.1. The summed E-state index contributed by atoms with van der Waals surface area (Å²) in [4.78, 5) is 30.1. The fraction of sp³-hybridized carbons (Fsp3) is 0.348. The second-order valence-corrected chi connectivity index (χ2v) is 8.22. The highest BCUT2D eigenvalue weighted by molar-refractivity contribution is 7.18. The molecule has 0 spiro atoms. The minimum absolute atomic E-state index is 0.0748. The minimum Gasteiger partial charge on any atom is -0.466 e. The molecule has 2 aromatic carbocycles. The van der Waals surface area contributed by atoms with Crippen molar-refractivity contribution in [2.75, 3.05) is 11.5 Å². The highest BCUT2D eigenvalue weighted by Crippen LogP contribution is 2.30. The van der Waals surface area contributed by atoms with Gasteiger partial charge in [-0.1, -0.05) is 25.5 Å². The average molecular weight is 465 g/mol. The third-order valence-corrected chi connectivity index (χ3v) is 5.84. The van der Waals surface area contributed by atoms with Crippen LogP contribution in [0.5, 0.6) is 0 Å². The normalized spacial score (nSPS) is 11.0. The molecule has 1 heterocycles. The third-order valence-electron chi connectivity index (χ3n) is 4.79. The number of halogens is 3. The number of amides is 1. The van der Waals surface area contributed by atoms with E-state index in [2.05, 4.69) is 11.9 Å². The summed E-state index contributed by atoms with van der Waals surface area (Å²) in [5.41, 5.74) is 1.26. The van der Waals surface area contributed by atoms with Crippen LogP contribution >= 0.6 is 11.3 Å². The molecule has 0 aliphatic heterocycles. The van der Waals surface area contributed by atoms with Crippen LogP contribution in [0.2, 0.25) is 0 Å². The van der Waals surface area contributed by atoms with E-state index in [1.807, 2.05) is 12.1 Å². The second kappa shape index (κ2) is 10.6. The van der Waals surface area contributed by atoms with E-state index in [1.165, 1.54) is 4.90 Å². The van der Waals surface area contributed by atoms with Crippen LogP contribution in [0.1, 0.15) is 43.7 Å². The largest absolute Gasteiger partial charge is 0.466 e. The first-order valence-corrected chi connectivity index (χ1v) is 11.1. The van der Waals surface area contributed by atoms with Gasteiger partial charge < -0.3 is 9.64 Å². The molecule has 32 heavy (non-hydrogen) atoms. The Morgan fingerprint density at radius 1 is 1.06 bits per heavy atom. The second-order valence-electron chi connectivity index (χ2n) is 7.14. The Kier molecular flexibility index (Phi) is 7.84. The quantitative estimate of drug-likeness (QED) is 0.308. The lowest BCUT2D eigenvalue weighted by Crippen LogP contribution is -2.30. The Labute approximate surface area is 187 Å². The number of thiazole rings is 1. The number of aryl methyl sites for hydroxylation is 1. The fourth-order valence-corrected chi connectivity index (χ4v) is 4.22. The van der Waals surface area contributed by atoms with Crippen LogP contribution in [0.3, 0.4) is 0 Å². The number of anilines is 1.